The number of aliphatic hydroxyl groups is 1. The Balaban J connectivity index is 1.02. The molecule has 2 aliphatic heterocycles. The molecule has 1 unspecified atom stereocenters. The highest BCUT2D eigenvalue weighted by molar-refractivity contribution is 5.99. The van der Waals surface area contributed by atoms with Crippen molar-refractivity contribution in [2.45, 2.75) is 69.4 Å². The highest BCUT2D eigenvalue weighted by atomic mass is 16.5. The van der Waals surface area contributed by atoms with Gasteiger partial charge >= 0.3 is 0 Å². The Morgan fingerprint density at radius 2 is 2.03 bits per heavy atom. The van der Waals surface area contributed by atoms with E-state index >= 15 is 0 Å². The molecule has 2 fully saturated rings. The molecule has 1 aromatic heterocycles. The zero-order valence-electron chi connectivity index (χ0n) is 23.0. The minimum Gasteiger partial charge on any atom is -0.493 e. The minimum absolute atomic E-state index is 0.0809. The van der Waals surface area contributed by atoms with Crippen LogP contribution in [0.3, 0.4) is 0 Å². The number of carbonyl (C=O) groups is 1. The third kappa shape index (κ3) is 5.94. The van der Waals surface area contributed by atoms with Gasteiger partial charge < -0.3 is 29.8 Å². The second kappa shape index (κ2) is 11.2. The molecule has 1 saturated heterocycles. The summed E-state index contributed by atoms with van der Waals surface area (Å²) in [6.07, 6.45) is 6.48. The van der Waals surface area contributed by atoms with E-state index in [1.165, 1.54) is 18.4 Å². The minimum atomic E-state index is -0.611. The van der Waals surface area contributed by atoms with Gasteiger partial charge in [-0.3, -0.25) is 4.79 Å². The molecule has 0 radical (unpaired) electrons. The summed E-state index contributed by atoms with van der Waals surface area (Å²) in [5.41, 5.74) is 1.99. The lowest BCUT2D eigenvalue weighted by molar-refractivity contribution is -0.0201. The lowest BCUT2D eigenvalue weighted by Gasteiger charge is -2.39. The maximum absolute atomic E-state index is 13.2. The number of aromatic amines is 1. The maximum atomic E-state index is 13.2. The summed E-state index contributed by atoms with van der Waals surface area (Å²) in [7, 11) is 0. The monoisotopic (exact) mass is 531 g/mol. The normalized spacial score (nSPS) is 27.2. The highest BCUT2D eigenvalue weighted by Gasteiger charge is 2.34. The Labute approximate surface area is 230 Å². The maximum Gasteiger partial charge on any atom is 0.267 e. The summed E-state index contributed by atoms with van der Waals surface area (Å²) in [5, 5.41) is 15.3. The predicted octanol–water partition coefficient (Wildman–Crippen LogP) is 5.25. The van der Waals surface area contributed by atoms with E-state index in [9.17, 15) is 9.90 Å². The van der Waals surface area contributed by atoms with Crippen molar-refractivity contribution in [3.63, 3.8) is 0 Å². The van der Waals surface area contributed by atoms with Crippen LogP contribution in [-0.4, -0.2) is 65.4 Å². The number of nitrogens with one attached hydrogen (secondary N) is 2. The SMILES string of the molecule is C[C@@H]1CCCN(CCC2(O)CCC(NC(=O)c3cc4c(OCC5COc6ccccc65)cccc4[nH]3)CC2)C1. The summed E-state index contributed by atoms with van der Waals surface area (Å²) in [6, 6.07) is 15.9. The van der Waals surface area contributed by atoms with Crippen LogP contribution in [0.15, 0.2) is 48.5 Å². The number of benzene rings is 2. The third-order valence-corrected chi connectivity index (χ3v) is 8.99. The van der Waals surface area contributed by atoms with Gasteiger partial charge in [0.05, 0.1) is 24.7 Å². The average Bonchev–Trinajstić information content (AvgIpc) is 3.57. The van der Waals surface area contributed by atoms with E-state index in [4.69, 9.17) is 9.47 Å². The van der Waals surface area contributed by atoms with Gasteiger partial charge in [0.1, 0.15) is 17.2 Å². The fourth-order valence-electron chi connectivity index (χ4n) is 6.60. The smallest absolute Gasteiger partial charge is 0.267 e. The lowest BCUT2D eigenvalue weighted by atomic mass is 9.80. The number of piperidine rings is 1. The molecule has 7 heteroatoms. The van der Waals surface area contributed by atoms with Crippen LogP contribution in [0.25, 0.3) is 10.9 Å². The molecule has 6 rings (SSSR count). The van der Waals surface area contributed by atoms with Crippen LogP contribution >= 0.6 is 0 Å². The van der Waals surface area contributed by atoms with Crippen molar-refractivity contribution in [2.24, 2.45) is 5.92 Å². The van der Waals surface area contributed by atoms with Crippen LogP contribution in [0.2, 0.25) is 0 Å². The highest BCUT2D eigenvalue weighted by Crippen LogP contribution is 2.35. The summed E-state index contributed by atoms with van der Waals surface area (Å²) in [6.45, 7) is 6.72. The number of para-hydroxylation sites is 1. The van der Waals surface area contributed by atoms with E-state index in [0.29, 0.717) is 18.9 Å². The number of hydrogen-bond acceptors (Lipinski definition) is 5. The van der Waals surface area contributed by atoms with E-state index in [0.717, 1.165) is 80.1 Å². The van der Waals surface area contributed by atoms with Crippen LogP contribution in [0.5, 0.6) is 11.5 Å². The molecule has 3 heterocycles. The molecule has 2 atom stereocenters. The number of nitrogens with zero attached hydrogens (tertiary/aromatic N) is 1. The zero-order valence-corrected chi connectivity index (χ0v) is 23.0. The van der Waals surface area contributed by atoms with Gasteiger partial charge in [-0.15, -0.1) is 0 Å². The Kier molecular flexibility index (Phi) is 7.54. The van der Waals surface area contributed by atoms with Crippen LogP contribution in [0.4, 0.5) is 0 Å². The van der Waals surface area contributed by atoms with Gasteiger partial charge in [-0.2, -0.15) is 0 Å². The average molecular weight is 532 g/mol. The van der Waals surface area contributed by atoms with Gasteiger partial charge in [0.15, 0.2) is 0 Å². The number of fused-ring (bicyclic) bond motifs is 2. The molecule has 1 amide bonds. The summed E-state index contributed by atoms with van der Waals surface area (Å²) in [5.74, 6) is 2.53. The number of likely N-dealkylation sites (tertiary alicyclic amines) is 1. The summed E-state index contributed by atoms with van der Waals surface area (Å²) >= 11 is 0. The zero-order chi connectivity index (χ0) is 26.8. The molecule has 7 nitrogen and oxygen atoms in total. The third-order valence-electron chi connectivity index (χ3n) is 8.99. The van der Waals surface area contributed by atoms with Crippen LogP contribution in [-0.2, 0) is 0 Å². The fraction of sp³-hybridized carbons (Fsp3) is 0.531. The Morgan fingerprint density at radius 1 is 1.18 bits per heavy atom. The first-order chi connectivity index (χ1) is 19.0. The van der Waals surface area contributed by atoms with Crippen LogP contribution in [0.1, 0.15) is 73.8 Å². The Bertz CT molecular complexity index is 1300. The van der Waals surface area contributed by atoms with Crippen molar-refractivity contribution in [1.29, 1.82) is 0 Å². The second-order valence-electron chi connectivity index (χ2n) is 12.0. The van der Waals surface area contributed by atoms with Crippen molar-refractivity contribution in [1.82, 2.24) is 15.2 Å². The number of ether oxygens (including phenoxy) is 2. The first kappa shape index (κ1) is 26.2. The first-order valence-corrected chi connectivity index (χ1v) is 14.7. The number of rotatable bonds is 8. The van der Waals surface area contributed by atoms with E-state index < -0.39 is 5.60 Å². The number of aromatic nitrogens is 1. The molecule has 3 aromatic rings. The van der Waals surface area contributed by atoms with Gasteiger partial charge in [0.2, 0.25) is 0 Å². The number of H-pyrrole nitrogens is 1. The molecule has 0 bridgehead atoms. The van der Waals surface area contributed by atoms with Crippen LogP contribution in [0, 0.1) is 5.92 Å². The van der Waals surface area contributed by atoms with Gasteiger partial charge in [-0.25, -0.2) is 0 Å². The second-order valence-corrected chi connectivity index (χ2v) is 12.0. The standard InChI is InChI=1S/C32H41N3O4/c1-22-6-5-16-35(19-22)17-15-32(37)13-11-24(12-14-32)33-31(36)28-18-26-27(34-28)8-4-10-30(26)39-21-23-20-38-29-9-3-2-7-25(23)29/h2-4,7-10,18,22-24,34,37H,5-6,11-17,19-21H2,1H3,(H,33,36)/t22-,23?,24?,32?/m1/s1. The topological polar surface area (TPSA) is 86.8 Å². The largest absolute Gasteiger partial charge is 0.493 e. The van der Waals surface area contributed by atoms with Crippen molar-refractivity contribution in [3.05, 3.63) is 59.8 Å². The predicted molar refractivity (Wildman–Crippen MR) is 153 cm³/mol. The molecular formula is C32H41N3O4. The number of amides is 1. The van der Waals surface area contributed by atoms with Crippen molar-refractivity contribution in [2.75, 3.05) is 32.8 Å². The molecule has 3 aliphatic rings. The molecule has 1 aliphatic carbocycles. The fourth-order valence-corrected chi connectivity index (χ4v) is 6.60. The quantitative estimate of drug-likeness (QED) is 0.370. The Hall–Kier alpha value is -3.03. The van der Waals surface area contributed by atoms with Crippen molar-refractivity contribution >= 4 is 16.8 Å². The van der Waals surface area contributed by atoms with Gasteiger partial charge in [-0.1, -0.05) is 31.2 Å². The van der Waals surface area contributed by atoms with E-state index in [-0.39, 0.29) is 17.9 Å². The molecule has 1 saturated carbocycles. The van der Waals surface area contributed by atoms with Crippen molar-refractivity contribution in [3.8, 4) is 11.5 Å². The molecular weight excluding hydrogens is 490 g/mol. The molecule has 208 valence electrons. The molecule has 2 aromatic carbocycles. The molecule has 39 heavy (non-hydrogen) atoms. The first-order valence-electron chi connectivity index (χ1n) is 14.7. The van der Waals surface area contributed by atoms with Gasteiger partial charge in [0.25, 0.3) is 5.91 Å². The number of carbonyl (C=O) groups excluding carboxylic acids is 1. The lowest BCUT2D eigenvalue weighted by Crippen LogP contribution is -2.45. The van der Waals surface area contributed by atoms with E-state index in [1.54, 1.807) is 0 Å². The van der Waals surface area contributed by atoms with Crippen LogP contribution < -0.4 is 14.8 Å². The van der Waals surface area contributed by atoms with Crippen molar-refractivity contribution < 1.29 is 19.4 Å². The summed E-state index contributed by atoms with van der Waals surface area (Å²) < 4.78 is 12.0. The number of hydrogen-bond donors (Lipinski definition) is 3. The van der Waals surface area contributed by atoms with E-state index in [1.807, 2.05) is 42.5 Å². The van der Waals surface area contributed by atoms with E-state index in [2.05, 4.69) is 28.2 Å². The molecule has 0 spiro atoms. The van der Waals surface area contributed by atoms with Gasteiger partial charge in [-0.05, 0) is 81.7 Å². The molecule has 3 N–H and O–H groups in total. The van der Waals surface area contributed by atoms with Gasteiger partial charge in [0, 0.05) is 35.6 Å². The Morgan fingerprint density at radius 3 is 2.87 bits per heavy atom. The summed E-state index contributed by atoms with van der Waals surface area (Å²) in [4.78, 5) is 18.9.